The second-order valence-electron chi connectivity index (χ2n) is 6.61. The molecule has 0 amide bonds. The first-order chi connectivity index (χ1) is 13.7. The Morgan fingerprint density at radius 2 is 1.93 bits per heavy atom. The van der Waals surface area contributed by atoms with Crippen LogP contribution in [0.2, 0.25) is 0 Å². The Morgan fingerprint density at radius 3 is 2.68 bits per heavy atom. The highest BCUT2D eigenvalue weighted by Crippen LogP contribution is 2.29. The van der Waals surface area contributed by atoms with Crippen LogP contribution in [0.4, 0.5) is 5.69 Å². The van der Waals surface area contributed by atoms with E-state index in [9.17, 15) is 4.79 Å². The molecule has 28 heavy (non-hydrogen) atoms. The summed E-state index contributed by atoms with van der Waals surface area (Å²) in [4.78, 5) is 14.8. The Bertz CT molecular complexity index is 982. The van der Waals surface area contributed by atoms with E-state index >= 15 is 0 Å². The molecule has 0 aliphatic carbocycles. The number of fused-ring (bicyclic) bond motifs is 1. The first-order valence-corrected chi connectivity index (χ1v) is 9.55. The minimum Gasteiger partial charge on any atom is -0.490 e. The van der Waals surface area contributed by atoms with Crippen LogP contribution < -0.4 is 9.64 Å². The van der Waals surface area contributed by atoms with Gasteiger partial charge in [-0.2, -0.15) is 0 Å². The van der Waals surface area contributed by atoms with E-state index in [1.165, 1.54) is 5.69 Å². The SMILES string of the molecule is CCOc1cccc2cc(C(=O)/C=C/c3ccc(N4CCOCC4)cc3)oc12. The molecule has 1 saturated heterocycles. The smallest absolute Gasteiger partial charge is 0.221 e. The van der Waals surface area contributed by atoms with Gasteiger partial charge < -0.3 is 18.8 Å². The summed E-state index contributed by atoms with van der Waals surface area (Å²) >= 11 is 0. The van der Waals surface area contributed by atoms with Gasteiger partial charge in [-0.05, 0) is 42.8 Å². The molecule has 0 N–H and O–H groups in total. The Morgan fingerprint density at radius 1 is 1.14 bits per heavy atom. The number of anilines is 1. The summed E-state index contributed by atoms with van der Waals surface area (Å²) in [5, 5.41) is 0.859. The van der Waals surface area contributed by atoms with Gasteiger partial charge in [0.25, 0.3) is 0 Å². The zero-order valence-electron chi connectivity index (χ0n) is 15.9. The van der Waals surface area contributed by atoms with E-state index in [0.29, 0.717) is 23.7 Å². The summed E-state index contributed by atoms with van der Waals surface area (Å²) in [6, 6.07) is 15.6. The number of hydrogen-bond donors (Lipinski definition) is 0. The topological polar surface area (TPSA) is 51.9 Å². The van der Waals surface area contributed by atoms with Crippen LogP contribution in [0.25, 0.3) is 17.0 Å². The van der Waals surface area contributed by atoms with Crippen LogP contribution in [-0.4, -0.2) is 38.7 Å². The van der Waals surface area contributed by atoms with E-state index < -0.39 is 0 Å². The second-order valence-corrected chi connectivity index (χ2v) is 6.61. The van der Waals surface area contributed by atoms with Gasteiger partial charge in [0.1, 0.15) is 0 Å². The maximum absolute atomic E-state index is 12.5. The summed E-state index contributed by atoms with van der Waals surface area (Å²) < 4.78 is 16.7. The van der Waals surface area contributed by atoms with E-state index in [4.69, 9.17) is 13.9 Å². The van der Waals surface area contributed by atoms with Crippen molar-refractivity contribution < 1.29 is 18.7 Å². The van der Waals surface area contributed by atoms with Gasteiger partial charge in [-0.1, -0.05) is 30.3 Å². The van der Waals surface area contributed by atoms with Gasteiger partial charge in [0.2, 0.25) is 5.78 Å². The van der Waals surface area contributed by atoms with E-state index in [2.05, 4.69) is 17.0 Å². The summed E-state index contributed by atoms with van der Waals surface area (Å²) in [6.07, 6.45) is 3.35. The van der Waals surface area contributed by atoms with Gasteiger partial charge in [-0.25, -0.2) is 0 Å². The molecule has 5 nitrogen and oxygen atoms in total. The Balaban J connectivity index is 1.47. The number of furan rings is 1. The largest absolute Gasteiger partial charge is 0.490 e. The fourth-order valence-electron chi connectivity index (χ4n) is 3.30. The van der Waals surface area contributed by atoms with E-state index in [1.807, 2.05) is 43.3 Å². The molecular weight excluding hydrogens is 354 g/mol. The molecule has 0 spiro atoms. The molecule has 2 heterocycles. The first kappa shape index (κ1) is 18.3. The molecule has 1 aliphatic rings. The number of carbonyl (C=O) groups excluding carboxylic acids is 1. The maximum Gasteiger partial charge on any atom is 0.221 e. The van der Waals surface area contributed by atoms with Crippen LogP contribution in [0.15, 0.2) is 59.0 Å². The van der Waals surface area contributed by atoms with Crippen LogP contribution in [0.1, 0.15) is 23.0 Å². The highest BCUT2D eigenvalue weighted by atomic mass is 16.5. The molecule has 0 unspecified atom stereocenters. The molecule has 2 aromatic carbocycles. The van der Waals surface area contributed by atoms with Crippen LogP contribution in [0.5, 0.6) is 5.75 Å². The summed E-state index contributed by atoms with van der Waals surface area (Å²) in [5.74, 6) is 0.793. The molecule has 1 aliphatic heterocycles. The van der Waals surface area contributed by atoms with Crippen molar-refractivity contribution in [3.05, 3.63) is 65.9 Å². The van der Waals surface area contributed by atoms with Crippen LogP contribution >= 0.6 is 0 Å². The fraction of sp³-hybridized carbons (Fsp3) is 0.261. The van der Waals surface area contributed by atoms with Crippen molar-refractivity contribution in [1.82, 2.24) is 0 Å². The lowest BCUT2D eigenvalue weighted by molar-refractivity contribution is 0.102. The molecule has 0 radical (unpaired) electrons. The number of nitrogens with zero attached hydrogens (tertiary/aromatic N) is 1. The monoisotopic (exact) mass is 377 g/mol. The Kier molecular flexibility index (Phi) is 5.44. The molecule has 0 atom stereocenters. The average Bonchev–Trinajstić information content (AvgIpc) is 3.19. The van der Waals surface area contributed by atoms with Gasteiger partial charge in [0, 0.05) is 24.2 Å². The third kappa shape index (κ3) is 3.94. The summed E-state index contributed by atoms with van der Waals surface area (Å²) in [6.45, 7) is 5.80. The predicted octanol–water partition coefficient (Wildman–Crippen LogP) is 4.56. The Labute approximate surface area is 164 Å². The van der Waals surface area contributed by atoms with Crippen LogP contribution in [0.3, 0.4) is 0 Å². The first-order valence-electron chi connectivity index (χ1n) is 9.55. The second kappa shape index (κ2) is 8.31. The van der Waals surface area contributed by atoms with Crippen molar-refractivity contribution in [2.45, 2.75) is 6.92 Å². The van der Waals surface area contributed by atoms with Crippen molar-refractivity contribution in [1.29, 1.82) is 0 Å². The number of ketones is 1. The van der Waals surface area contributed by atoms with E-state index in [-0.39, 0.29) is 5.78 Å². The normalized spacial score (nSPS) is 14.7. The predicted molar refractivity (Wildman–Crippen MR) is 110 cm³/mol. The molecule has 0 bridgehead atoms. The van der Waals surface area contributed by atoms with Crippen molar-refractivity contribution in [2.75, 3.05) is 37.8 Å². The number of allylic oxidation sites excluding steroid dienone is 1. The van der Waals surface area contributed by atoms with Crippen molar-refractivity contribution >= 4 is 28.5 Å². The number of hydrogen-bond acceptors (Lipinski definition) is 5. The molecule has 1 fully saturated rings. The number of benzene rings is 2. The summed E-state index contributed by atoms with van der Waals surface area (Å²) in [5.41, 5.74) is 2.75. The lowest BCUT2D eigenvalue weighted by Crippen LogP contribution is -2.36. The molecule has 0 saturated carbocycles. The number of para-hydroxylation sites is 1. The number of carbonyl (C=O) groups is 1. The molecular formula is C23H23NO4. The number of ether oxygens (including phenoxy) is 2. The molecule has 3 aromatic rings. The zero-order valence-corrected chi connectivity index (χ0v) is 15.9. The standard InChI is InChI=1S/C23H23NO4/c1-2-27-21-5-3-4-18-16-22(28-23(18)21)20(25)11-8-17-6-9-19(10-7-17)24-12-14-26-15-13-24/h3-11,16H,2,12-15H2,1H3/b11-8+. The van der Waals surface area contributed by atoms with Gasteiger partial charge in [0.05, 0.1) is 19.8 Å². The summed E-state index contributed by atoms with van der Waals surface area (Å²) in [7, 11) is 0. The van der Waals surface area contributed by atoms with Crippen molar-refractivity contribution in [3.63, 3.8) is 0 Å². The number of morpholine rings is 1. The molecule has 5 heteroatoms. The quantitative estimate of drug-likeness (QED) is 0.465. The van der Waals surface area contributed by atoms with Gasteiger partial charge >= 0.3 is 0 Å². The van der Waals surface area contributed by atoms with Crippen molar-refractivity contribution in [3.8, 4) is 5.75 Å². The molecule has 144 valence electrons. The third-order valence-electron chi connectivity index (χ3n) is 4.75. The van der Waals surface area contributed by atoms with Crippen LogP contribution in [-0.2, 0) is 4.74 Å². The zero-order chi connectivity index (χ0) is 19.3. The maximum atomic E-state index is 12.5. The highest BCUT2D eigenvalue weighted by molar-refractivity contribution is 6.07. The van der Waals surface area contributed by atoms with Gasteiger partial charge in [0.15, 0.2) is 17.1 Å². The lowest BCUT2D eigenvalue weighted by atomic mass is 10.1. The fourth-order valence-corrected chi connectivity index (χ4v) is 3.30. The molecule has 4 rings (SSSR count). The average molecular weight is 377 g/mol. The van der Waals surface area contributed by atoms with Gasteiger partial charge in [-0.15, -0.1) is 0 Å². The lowest BCUT2D eigenvalue weighted by Gasteiger charge is -2.28. The minimum atomic E-state index is -0.170. The Hall–Kier alpha value is -3.05. The van der Waals surface area contributed by atoms with E-state index in [1.54, 1.807) is 12.1 Å². The minimum absolute atomic E-state index is 0.170. The van der Waals surface area contributed by atoms with E-state index in [0.717, 1.165) is 37.3 Å². The van der Waals surface area contributed by atoms with Crippen molar-refractivity contribution in [2.24, 2.45) is 0 Å². The van der Waals surface area contributed by atoms with Gasteiger partial charge in [-0.3, -0.25) is 4.79 Å². The molecule has 1 aromatic heterocycles. The third-order valence-corrected chi connectivity index (χ3v) is 4.75. The highest BCUT2D eigenvalue weighted by Gasteiger charge is 2.13. The van der Waals surface area contributed by atoms with Crippen LogP contribution in [0, 0.1) is 0 Å². The number of rotatable bonds is 6.